The van der Waals surface area contributed by atoms with Crippen LogP contribution in [0.2, 0.25) is 0 Å². The molecule has 0 unspecified atom stereocenters. The summed E-state index contributed by atoms with van der Waals surface area (Å²) in [5, 5.41) is 3.62. The Labute approximate surface area is 205 Å². The van der Waals surface area contributed by atoms with Gasteiger partial charge in [0.1, 0.15) is 5.00 Å². The van der Waals surface area contributed by atoms with Gasteiger partial charge in [0.2, 0.25) is 5.91 Å². The minimum atomic E-state index is -0.332. The normalized spacial score (nSPS) is 22.2. The van der Waals surface area contributed by atoms with Crippen molar-refractivity contribution >= 4 is 34.0 Å². The van der Waals surface area contributed by atoms with Crippen LogP contribution >= 0.6 is 11.3 Å². The number of nitrogen functional groups attached to an aromatic ring is 2. The van der Waals surface area contributed by atoms with Crippen molar-refractivity contribution in [3.63, 3.8) is 0 Å². The Morgan fingerprint density at radius 3 is 2.62 bits per heavy atom. The van der Waals surface area contributed by atoms with Gasteiger partial charge in [-0.05, 0) is 57.5 Å². The minimum absolute atomic E-state index is 0.111. The molecule has 34 heavy (non-hydrogen) atoms. The zero-order valence-electron chi connectivity index (χ0n) is 20.3. The SMILES string of the molecule is CN(C)CCNC(=O)N(Cc1ccccc1)C(=O)[C@@H]1C[C@@H]2Cc3c(sc(N)c3N)C[C@H]2N(C)C1. The Kier molecular flexibility index (Phi) is 7.45. The summed E-state index contributed by atoms with van der Waals surface area (Å²) < 4.78 is 0. The van der Waals surface area contributed by atoms with E-state index >= 15 is 0 Å². The van der Waals surface area contributed by atoms with Crippen molar-refractivity contribution in [2.75, 3.05) is 52.2 Å². The van der Waals surface area contributed by atoms with Crippen LogP contribution in [0.4, 0.5) is 15.5 Å². The summed E-state index contributed by atoms with van der Waals surface area (Å²) in [6.45, 7) is 2.10. The number of benzene rings is 1. The van der Waals surface area contributed by atoms with E-state index in [1.165, 1.54) is 9.78 Å². The number of nitrogens with two attached hydrogens (primary N) is 2. The van der Waals surface area contributed by atoms with E-state index in [-0.39, 0.29) is 24.4 Å². The van der Waals surface area contributed by atoms with E-state index in [2.05, 4.69) is 17.3 Å². The van der Waals surface area contributed by atoms with E-state index in [0.717, 1.165) is 30.4 Å². The second-order valence-electron chi connectivity index (χ2n) is 9.83. The molecule has 8 nitrogen and oxygen atoms in total. The molecule has 3 atom stereocenters. The number of nitrogens with zero attached hydrogens (tertiary/aromatic N) is 3. The van der Waals surface area contributed by atoms with Crippen LogP contribution in [0.5, 0.6) is 0 Å². The fourth-order valence-electron chi connectivity index (χ4n) is 5.27. The molecule has 0 bridgehead atoms. The number of piperidine rings is 1. The first-order valence-electron chi connectivity index (χ1n) is 11.9. The first-order valence-corrected chi connectivity index (χ1v) is 12.7. The number of hydrogen-bond donors (Lipinski definition) is 3. The Morgan fingerprint density at radius 2 is 1.91 bits per heavy atom. The molecular weight excluding hydrogens is 448 g/mol. The lowest BCUT2D eigenvalue weighted by molar-refractivity contribution is -0.136. The molecule has 2 heterocycles. The lowest BCUT2D eigenvalue weighted by Gasteiger charge is -2.45. The van der Waals surface area contributed by atoms with Crippen molar-refractivity contribution < 1.29 is 9.59 Å². The molecule has 1 saturated heterocycles. The third-order valence-electron chi connectivity index (χ3n) is 7.11. The number of hydrogen-bond acceptors (Lipinski definition) is 7. The molecular formula is C25H36N6O2S. The molecule has 1 fully saturated rings. The highest BCUT2D eigenvalue weighted by molar-refractivity contribution is 7.16. The summed E-state index contributed by atoms with van der Waals surface area (Å²) in [5.41, 5.74) is 15.2. The average Bonchev–Trinajstić information content (AvgIpc) is 3.09. The molecule has 0 spiro atoms. The van der Waals surface area contributed by atoms with Crippen molar-refractivity contribution in [2.45, 2.75) is 31.8 Å². The topological polar surface area (TPSA) is 108 Å². The molecule has 4 rings (SSSR count). The van der Waals surface area contributed by atoms with Crippen LogP contribution in [0.15, 0.2) is 30.3 Å². The lowest BCUT2D eigenvalue weighted by Crippen LogP contribution is -2.55. The first-order chi connectivity index (χ1) is 16.2. The number of anilines is 2. The minimum Gasteiger partial charge on any atom is -0.396 e. The molecule has 0 radical (unpaired) electrons. The zero-order valence-corrected chi connectivity index (χ0v) is 21.1. The number of amides is 3. The summed E-state index contributed by atoms with van der Waals surface area (Å²) in [5.74, 6) is -0.0414. The number of rotatable bonds is 6. The molecule has 5 N–H and O–H groups in total. The van der Waals surface area contributed by atoms with Gasteiger partial charge in [0.15, 0.2) is 0 Å². The van der Waals surface area contributed by atoms with Crippen molar-refractivity contribution in [1.29, 1.82) is 0 Å². The fourth-order valence-corrected chi connectivity index (χ4v) is 6.34. The first kappa shape index (κ1) is 24.5. The summed E-state index contributed by atoms with van der Waals surface area (Å²) in [7, 11) is 5.99. The van der Waals surface area contributed by atoms with E-state index < -0.39 is 0 Å². The molecule has 3 amide bonds. The Bertz CT molecular complexity index is 1020. The van der Waals surface area contributed by atoms with Crippen LogP contribution in [0.1, 0.15) is 22.4 Å². The van der Waals surface area contributed by atoms with Gasteiger partial charge in [-0.1, -0.05) is 30.3 Å². The van der Waals surface area contributed by atoms with Gasteiger partial charge in [0.05, 0.1) is 18.2 Å². The van der Waals surface area contributed by atoms with E-state index in [1.54, 1.807) is 11.3 Å². The van der Waals surface area contributed by atoms with Crippen LogP contribution in [0, 0.1) is 11.8 Å². The van der Waals surface area contributed by atoms with Crippen LogP contribution in [0.25, 0.3) is 0 Å². The number of fused-ring (bicyclic) bond motifs is 2. The maximum absolute atomic E-state index is 13.8. The van der Waals surface area contributed by atoms with Gasteiger partial charge in [-0.15, -0.1) is 11.3 Å². The van der Waals surface area contributed by atoms with Crippen molar-refractivity contribution in [2.24, 2.45) is 11.8 Å². The summed E-state index contributed by atoms with van der Waals surface area (Å²) in [6.07, 6.45) is 2.50. The molecule has 2 aromatic rings. The Morgan fingerprint density at radius 1 is 1.18 bits per heavy atom. The van der Waals surface area contributed by atoms with E-state index in [1.807, 2.05) is 49.3 Å². The lowest BCUT2D eigenvalue weighted by atomic mass is 9.74. The average molecular weight is 485 g/mol. The summed E-state index contributed by atoms with van der Waals surface area (Å²) in [6, 6.07) is 9.72. The van der Waals surface area contributed by atoms with Gasteiger partial charge in [0.25, 0.3) is 0 Å². The number of urea groups is 1. The van der Waals surface area contributed by atoms with Gasteiger partial charge in [0, 0.05) is 30.6 Å². The molecule has 9 heteroatoms. The number of nitrogens with one attached hydrogen (secondary N) is 1. The summed E-state index contributed by atoms with van der Waals surface area (Å²) in [4.78, 5) is 33.8. The van der Waals surface area contributed by atoms with Crippen LogP contribution in [0.3, 0.4) is 0 Å². The molecule has 0 saturated carbocycles. The molecule has 2 aliphatic rings. The van der Waals surface area contributed by atoms with Crippen molar-refractivity contribution in [1.82, 2.24) is 20.0 Å². The Balaban J connectivity index is 1.51. The molecule has 1 aromatic heterocycles. The Hall–Kier alpha value is -2.62. The van der Waals surface area contributed by atoms with Crippen molar-refractivity contribution in [3.8, 4) is 0 Å². The maximum Gasteiger partial charge on any atom is 0.324 e. The highest BCUT2D eigenvalue weighted by Crippen LogP contribution is 2.44. The van der Waals surface area contributed by atoms with Crippen LogP contribution < -0.4 is 16.8 Å². The standard InChI is InChI=1S/C25H36N6O2S/c1-29(2)10-9-28-25(33)31(14-16-7-5-4-6-8-16)24(32)18-11-17-12-19-21(34-23(27)22(19)26)13-20(17)30(3)15-18/h4-8,17-18,20H,9-15,26-27H2,1-3H3,(H,28,33)/t17-,18-,20-/m1/s1. The van der Waals surface area contributed by atoms with Gasteiger partial charge < -0.3 is 26.6 Å². The molecule has 1 aliphatic heterocycles. The number of carbonyl (C=O) groups excluding carboxylic acids is 2. The predicted molar refractivity (Wildman–Crippen MR) is 138 cm³/mol. The van der Waals surface area contributed by atoms with Crippen LogP contribution in [-0.2, 0) is 24.2 Å². The molecule has 1 aromatic carbocycles. The number of imide groups is 1. The third-order valence-corrected chi connectivity index (χ3v) is 8.21. The zero-order chi connectivity index (χ0) is 24.4. The van der Waals surface area contributed by atoms with E-state index in [0.29, 0.717) is 42.3 Å². The van der Waals surface area contributed by atoms with Gasteiger partial charge in [-0.25, -0.2) is 4.79 Å². The van der Waals surface area contributed by atoms with Crippen LogP contribution in [-0.4, -0.2) is 73.5 Å². The monoisotopic (exact) mass is 484 g/mol. The smallest absolute Gasteiger partial charge is 0.324 e. The maximum atomic E-state index is 13.8. The number of carbonyl (C=O) groups is 2. The predicted octanol–water partition coefficient (Wildman–Crippen LogP) is 2.25. The highest BCUT2D eigenvalue weighted by atomic mass is 32.1. The second-order valence-corrected chi connectivity index (χ2v) is 11.0. The van der Waals surface area contributed by atoms with E-state index in [9.17, 15) is 9.59 Å². The number of likely N-dealkylation sites (tertiary alicyclic amines) is 1. The quantitative estimate of drug-likeness (QED) is 0.580. The number of likely N-dealkylation sites (N-methyl/N-ethyl adjacent to an activating group) is 2. The highest BCUT2D eigenvalue weighted by Gasteiger charge is 2.43. The number of thiophene rings is 1. The second kappa shape index (κ2) is 10.3. The third kappa shape index (κ3) is 5.21. The van der Waals surface area contributed by atoms with Gasteiger partial charge >= 0.3 is 6.03 Å². The van der Waals surface area contributed by atoms with Crippen molar-refractivity contribution in [3.05, 3.63) is 46.3 Å². The van der Waals surface area contributed by atoms with E-state index in [4.69, 9.17) is 11.5 Å². The summed E-state index contributed by atoms with van der Waals surface area (Å²) >= 11 is 1.60. The largest absolute Gasteiger partial charge is 0.396 e. The fraction of sp³-hybridized carbons (Fsp3) is 0.520. The van der Waals surface area contributed by atoms with Gasteiger partial charge in [-0.3, -0.25) is 9.69 Å². The van der Waals surface area contributed by atoms with Gasteiger partial charge in [-0.2, -0.15) is 0 Å². The molecule has 184 valence electrons. The molecule has 1 aliphatic carbocycles.